The maximum atomic E-state index is 11.4. The molecule has 15 heavy (non-hydrogen) atoms. The van der Waals surface area contributed by atoms with Crippen LogP contribution in [-0.4, -0.2) is 12.1 Å². The zero-order chi connectivity index (χ0) is 11.8. The molecule has 0 fully saturated rings. The first kappa shape index (κ1) is 14.2. The van der Waals surface area contributed by atoms with Gasteiger partial charge in [-0.2, -0.15) is 0 Å². The van der Waals surface area contributed by atoms with Crippen molar-refractivity contribution in [1.82, 2.24) is 0 Å². The summed E-state index contributed by atoms with van der Waals surface area (Å²) in [7, 11) is 0. The van der Waals surface area contributed by atoms with Crippen molar-refractivity contribution < 1.29 is 9.53 Å². The molecule has 2 heteroatoms. The third kappa shape index (κ3) is 6.32. The minimum atomic E-state index is -0.242. The smallest absolute Gasteiger partial charge is 0.333 e. The predicted molar refractivity (Wildman–Crippen MR) is 63.7 cm³/mol. The second kappa shape index (κ2) is 7.49. The molecule has 0 amide bonds. The summed E-state index contributed by atoms with van der Waals surface area (Å²) >= 11 is 0. The van der Waals surface area contributed by atoms with E-state index in [4.69, 9.17) is 4.74 Å². The van der Waals surface area contributed by atoms with E-state index in [1.165, 1.54) is 12.8 Å². The molecule has 0 aliphatic carbocycles. The van der Waals surface area contributed by atoms with Crippen LogP contribution in [0.15, 0.2) is 12.2 Å². The molecule has 0 saturated heterocycles. The van der Waals surface area contributed by atoms with Crippen LogP contribution in [0, 0.1) is 5.92 Å². The molecule has 0 heterocycles. The normalized spacial score (nSPS) is 14.4. The van der Waals surface area contributed by atoms with Crippen LogP contribution < -0.4 is 0 Å². The van der Waals surface area contributed by atoms with Gasteiger partial charge in [-0.25, -0.2) is 4.79 Å². The van der Waals surface area contributed by atoms with Crippen molar-refractivity contribution in [3.63, 3.8) is 0 Å². The fourth-order valence-corrected chi connectivity index (χ4v) is 1.64. The molecule has 0 spiro atoms. The Labute approximate surface area is 93.7 Å². The molecule has 2 unspecified atom stereocenters. The Balaban J connectivity index is 3.87. The van der Waals surface area contributed by atoms with E-state index in [0.29, 0.717) is 17.9 Å². The lowest BCUT2D eigenvalue weighted by molar-refractivity contribution is -0.144. The van der Waals surface area contributed by atoms with Crippen molar-refractivity contribution in [3.8, 4) is 0 Å². The Morgan fingerprint density at radius 3 is 2.40 bits per heavy atom. The van der Waals surface area contributed by atoms with Gasteiger partial charge < -0.3 is 4.74 Å². The molecule has 0 saturated carbocycles. The molecule has 88 valence electrons. The van der Waals surface area contributed by atoms with Gasteiger partial charge >= 0.3 is 5.97 Å². The molecule has 0 N–H and O–H groups in total. The van der Waals surface area contributed by atoms with Gasteiger partial charge in [0.25, 0.3) is 0 Å². The van der Waals surface area contributed by atoms with Gasteiger partial charge in [0.15, 0.2) is 0 Å². The average molecular weight is 212 g/mol. The lowest BCUT2D eigenvalue weighted by Crippen LogP contribution is -2.18. The third-order valence-corrected chi connectivity index (χ3v) is 2.54. The third-order valence-electron chi connectivity index (χ3n) is 2.54. The van der Waals surface area contributed by atoms with Gasteiger partial charge in [-0.1, -0.05) is 40.2 Å². The summed E-state index contributed by atoms with van der Waals surface area (Å²) in [4.78, 5) is 11.4. The van der Waals surface area contributed by atoms with Gasteiger partial charge in [-0.3, -0.25) is 0 Å². The summed E-state index contributed by atoms with van der Waals surface area (Å²) in [5.74, 6) is 0.376. The number of hydrogen-bond donors (Lipinski definition) is 0. The van der Waals surface area contributed by atoms with Crippen molar-refractivity contribution in [2.24, 2.45) is 5.92 Å². The van der Waals surface area contributed by atoms with E-state index in [9.17, 15) is 4.79 Å². The van der Waals surface area contributed by atoms with Crippen LogP contribution in [0.4, 0.5) is 0 Å². The first-order valence-electron chi connectivity index (χ1n) is 5.89. The van der Waals surface area contributed by atoms with Gasteiger partial charge in [0.2, 0.25) is 0 Å². The highest BCUT2D eigenvalue weighted by molar-refractivity contribution is 5.87. The zero-order valence-electron chi connectivity index (χ0n) is 10.5. The summed E-state index contributed by atoms with van der Waals surface area (Å²) in [6.07, 6.45) is 3.98. The van der Waals surface area contributed by atoms with Crippen LogP contribution in [0.3, 0.4) is 0 Å². The molecule has 0 bridgehead atoms. The Hall–Kier alpha value is -0.790. The largest absolute Gasteiger partial charge is 0.459 e. The molecule has 0 aliphatic rings. The van der Waals surface area contributed by atoms with Gasteiger partial charge in [0.1, 0.15) is 0 Å². The first-order valence-corrected chi connectivity index (χ1v) is 5.89. The van der Waals surface area contributed by atoms with Crippen LogP contribution in [-0.2, 0) is 9.53 Å². The van der Waals surface area contributed by atoms with Gasteiger partial charge in [0, 0.05) is 5.57 Å². The lowest BCUT2D eigenvalue weighted by atomic mass is 9.99. The SMILES string of the molecule is C=C(CC)C(=O)OC(C)CC(C)CCC. The van der Waals surface area contributed by atoms with E-state index < -0.39 is 0 Å². The number of carbonyl (C=O) groups excluding carboxylic acids is 1. The maximum Gasteiger partial charge on any atom is 0.333 e. The summed E-state index contributed by atoms with van der Waals surface area (Å²) in [5.41, 5.74) is 0.560. The van der Waals surface area contributed by atoms with Crippen LogP contribution in [0.1, 0.15) is 53.4 Å². The summed E-state index contributed by atoms with van der Waals surface area (Å²) < 4.78 is 5.28. The average Bonchev–Trinajstić information content (AvgIpc) is 2.16. The molecule has 0 aromatic heterocycles. The van der Waals surface area contributed by atoms with Crippen LogP contribution >= 0.6 is 0 Å². The minimum absolute atomic E-state index is 0.00218. The fourth-order valence-electron chi connectivity index (χ4n) is 1.64. The van der Waals surface area contributed by atoms with Crippen molar-refractivity contribution in [2.75, 3.05) is 0 Å². The van der Waals surface area contributed by atoms with E-state index in [2.05, 4.69) is 20.4 Å². The molecule has 0 aliphatic heterocycles. The molecule has 0 radical (unpaired) electrons. The molecule has 0 rings (SSSR count). The van der Waals surface area contributed by atoms with Gasteiger partial charge in [0.05, 0.1) is 6.10 Å². The van der Waals surface area contributed by atoms with Crippen molar-refractivity contribution in [2.45, 2.75) is 59.5 Å². The number of hydrogen-bond acceptors (Lipinski definition) is 2. The standard InChI is InChI=1S/C13H24O2/c1-6-8-10(3)9-12(5)15-13(14)11(4)7-2/h10,12H,4,6-9H2,1-3,5H3. The van der Waals surface area contributed by atoms with Crippen LogP contribution in [0.2, 0.25) is 0 Å². The van der Waals surface area contributed by atoms with Gasteiger partial charge in [-0.05, 0) is 25.7 Å². The number of carbonyl (C=O) groups is 1. The summed E-state index contributed by atoms with van der Waals surface area (Å²) in [6.45, 7) is 11.9. The monoisotopic (exact) mass is 212 g/mol. The second-order valence-corrected chi connectivity index (χ2v) is 4.30. The predicted octanol–water partition coefficient (Wildman–Crippen LogP) is 3.71. The molecule has 2 nitrogen and oxygen atoms in total. The zero-order valence-corrected chi connectivity index (χ0v) is 10.5. The van der Waals surface area contributed by atoms with Crippen LogP contribution in [0.25, 0.3) is 0 Å². The number of rotatable bonds is 7. The highest BCUT2D eigenvalue weighted by Gasteiger charge is 2.14. The lowest BCUT2D eigenvalue weighted by Gasteiger charge is -2.17. The Morgan fingerprint density at radius 2 is 1.93 bits per heavy atom. The molecule has 0 aromatic carbocycles. The van der Waals surface area contributed by atoms with Crippen molar-refractivity contribution in [3.05, 3.63) is 12.2 Å². The number of ether oxygens (including phenoxy) is 1. The highest BCUT2D eigenvalue weighted by Crippen LogP contribution is 2.15. The Kier molecular flexibility index (Phi) is 7.10. The molecule has 0 aromatic rings. The van der Waals surface area contributed by atoms with E-state index in [-0.39, 0.29) is 12.1 Å². The minimum Gasteiger partial charge on any atom is -0.459 e. The summed E-state index contributed by atoms with van der Waals surface area (Å²) in [6, 6.07) is 0. The van der Waals surface area contributed by atoms with Gasteiger partial charge in [-0.15, -0.1) is 0 Å². The Morgan fingerprint density at radius 1 is 1.33 bits per heavy atom. The maximum absolute atomic E-state index is 11.4. The Bertz CT molecular complexity index is 209. The topological polar surface area (TPSA) is 26.3 Å². The quantitative estimate of drug-likeness (QED) is 0.475. The molecular weight excluding hydrogens is 188 g/mol. The summed E-state index contributed by atoms with van der Waals surface area (Å²) in [5, 5.41) is 0. The highest BCUT2D eigenvalue weighted by atomic mass is 16.5. The second-order valence-electron chi connectivity index (χ2n) is 4.30. The van der Waals surface area contributed by atoms with E-state index in [1.54, 1.807) is 0 Å². The van der Waals surface area contributed by atoms with E-state index in [1.807, 2.05) is 13.8 Å². The molecule has 2 atom stereocenters. The first-order chi connectivity index (χ1) is 7.01. The van der Waals surface area contributed by atoms with Crippen LogP contribution in [0.5, 0.6) is 0 Å². The fraction of sp³-hybridized carbons (Fsp3) is 0.769. The van der Waals surface area contributed by atoms with E-state index in [0.717, 1.165) is 6.42 Å². The molecular formula is C13H24O2. The number of esters is 1. The van der Waals surface area contributed by atoms with E-state index >= 15 is 0 Å². The van der Waals surface area contributed by atoms with Crippen molar-refractivity contribution >= 4 is 5.97 Å². The van der Waals surface area contributed by atoms with Crippen molar-refractivity contribution in [1.29, 1.82) is 0 Å².